The molecule has 0 spiro atoms. The first-order valence-corrected chi connectivity index (χ1v) is 19.4. The summed E-state index contributed by atoms with van der Waals surface area (Å²) in [5.74, 6) is 0.863. The van der Waals surface area contributed by atoms with Gasteiger partial charge in [0.05, 0.1) is 38.6 Å². The van der Waals surface area contributed by atoms with Crippen LogP contribution in [-0.4, -0.2) is 23.8 Å². The predicted octanol–water partition coefficient (Wildman–Crippen LogP) is 8.28. The van der Waals surface area contributed by atoms with Gasteiger partial charge in [-0.2, -0.15) is 0 Å². The van der Waals surface area contributed by atoms with Crippen LogP contribution in [0.25, 0.3) is 22.5 Å². The van der Waals surface area contributed by atoms with Crippen molar-refractivity contribution in [3.63, 3.8) is 0 Å². The van der Waals surface area contributed by atoms with Gasteiger partial charge in [-0.05, 0) is 111 Å². The van der Waals surface area contributed by atoms with Gasteiger partial charge in [0.25, 0.3) is 5.56 Å². The fourth-order valence-electron chi connectivity index (χ4n) is 6.22. The number of hydrogen-bond donors (Lipinski definition) is 0. The lowest BCUT2D eigenvalue weighted by Gasteiger charge is -2.26. The highest BCUT2D eigenvalue weighted by atomic mass is 127. The van der Waals surface area contributed by atoms with Crippen molar-refractivity contribution < 1.29 is 19.0 Å². The quantitative estimate of drug-likeness (QED) is 0.102. The van der Waals surface area contributed by atoms with Crippen molar-refractivity contribution in [2.75, 3.05) is 13.2 Å². The number of carbonyl (C=O) groups is 1. The summed E-state index contributed by atoms with van der Waals surface area (Å²) in [5.41, 5.74) is 3.86. The van der Waals surface area contributed by atoms with Crippen LogP contribution in [0.4, 0.5) is 0 Å². The molecule has 0 N–H and O–H groups in total. The Morgan fingerprint density at radius 1 is 0.882 bits per heavy atom. The Hall–Kier alpha value is -4.27. The van der Waals surface area contributed by atoms with E-state index in [2.05, 4.69) is 75.5 Å². The molecule has 256 valence electrons. The SMILES string of the molecule is CCOC(=O)C1=C(c2ccccc2)N=c2s/c(=C\c3cc(I)cc(I)c3OCc3cccc4ccccc34)c(=O)n2[C@H]1c1ccc(OCC)cc1. The van der Waals surface area contributed by atoms with Gasteiger partial charge < -0.3 is 14.2 Å². The van der Waals surface area contributed by atoms with E-state index in [1.807, 2.05) is 91.9 Å². The van der Waals surface area contributed by atoms with Crippen LogP contribution < -0.4 is 24.4 Å². The van der Waals surface area contributed by atoms with E-state index >= 15 is 0 Å². The van der Waals surface area contributed by atoms with Gasteiger partial charge in [0.1, 0.15) is 18.1 Å². The normalized spacial score (nSPS) is 14.3. The number of nitrogens with zero attached hydrogens (tertiary/aromatic N) is 2. The Bertz CT molecular complexity index is 2470. The molecule has 7 rings (SSSR count). The highest BCUT2D eigenvalue weighted by Crippen LogP contribution is 2.36. The van der Waals surface area contributed by atoms with Crippen LogP contribution in [-0.2, 0) is 16.1 Å². The molecule has 51 heavy (non-hydrogen) atoms. The van der Waals surface area contributed by atoms with E-state index in [1.165, 1.54) is 11.3 Å². The molecule has 10 heteroatoms. The fraction of sp³-hybridized carbons (Fsp3) is 0.146. The molecular weight excluding hydrogens is 886 g/mol. The van der Waals surface area contributed by atoms with Crippen LogP contribution in [0, 0.1) is 7.14 Å². The van der Waals surface area contributed by atoms with Crippen molar-refractivity contribution in [2.24, 2.45) is 4.99 Å². The molecule has 0 amide bonds. The molecule has 1 aliphatic heterocycles. The zero-order chi connectivity index (χ0) is 35.5. The van der Waals surface area contributed by atoms with Crippen LogP contribution >= 0.6 is 56.5 Å². The number of fused-ring (bicyclic) bond motifs is 2. The van der Waals surface area contributed by atoms with Gasteiger partial charge >= 0.3 is 5.97 Å². The number of esters is 1. The van der Waals surface area contributed by atoms with Gasteiger partial charge in [-0.25, -0.2) is 9.79 Å². The molecule has 0 bridgehead atoms. The maximum Gasteiger partial charge on any atom is 0.338 e. The summed E-state index contributed by atoms with van der Waals surface area (Å²) in [4.78, 5) is 33.9. The van der Waals surface area contributed by atoms with E-state index in [4.69, 9.17) is 19.2 Å². The van der Waals surface area contributed by atoms with E-state index in [-0.39, 0.29) is 12.2 Å². The molecule has 1 aliphatic rings. The lowest BCUT2D eigenvalue weighted by atomic mass is 9.93. The molecule has 1 atom stereocenters. The maximum absolute atomic E-state index is 14.6. The Balaban J connectivity index is 1.40. The first kappa shape index (κ1) is 35.1. The number of rotatable bonds is 10. The molecule has 6 aromatic rings. The third-order valence-electron chi connectivity index (χ3n) is 8.46. The molecule has 5 aromatic carbocycles. The van der Waals surface area contributed by atoms with E-state index in [0.717, 1.165) is 40.2 Å². The second-order valence-corrected chi connectivity index (χ2v) is 15.1. The average molecular weight is 919 g/mol. The molecule has 0 aliphatic carbocycles. The van der Waals surface area contributed by atoms with E-state index in [1.54, 1.807) is 11.5 Å². The van der Waals surface area contributed by atoms with E-state index < -0.39 is 12.0 Å². The highest BCUT2D eigenvalue weighted by Gasteiger charge is 2.35. The molecule has 2 heterocycles. The second-order valence-electron chi connectivity index (χ2n) is 11.7. The zero-order valence-corrected chi connectivity index (χ0v) is 32.9. The predicted molar refractivity (Wildman–Crippen MR) is 219 cm³/mol. The van der Waals surface area contributed by atoms with Gasteiger partial charge in [-0.15, -0.1) is 0 Å². The summed E-state index contributed by atoms with van der Waals surface area (Å²) in [6.45, 7) is 4.75. The third-order valence-corrected chi connectivity index (χ3v) is 10.9. The smallest absolute Gasteiger partial charge is 0.338 e. The van der Waals surface area contributed by atoms with Crippen molar-refractivity contribution in [3.8, 4) is 11.5 Å². The van der Waals surface area contributed by atoms with Crippen molar-refractivity contribution in [3.05, 3.63) is 164 Å². The number of carbonyl (C=O) groups excluding carboxylic acids is 1. The number of hydrogen-bond acceptors (Lipinski definition) is 7. The Labute approximate surface area is 326 Å². The standard InChI is InChI=1S/C41H32I2N2O5S/c1-3-48-31-19-17-27(18-20-31)37-35(40(47)49-4-2)36(26-12-6-5-7-13-26)44-41-45(37)39(46)34(51-41)22-29-21-30(42)23-33(43)38(29)50-24-28-15-10-14-25-11-8-9-16-32(25)28/h5-23,37H,3-4,24H2,1-2H3/b34-22-/t37-/m0/s1. The number of thiazole rings is 1. The first-order valence-electron chi connectivity index (χ1n) is 16.5. The number of ether oxygens (including phenoxy) is 3. The van der Waals surface area contributed by atoms with Crippen LogP contribution in [0.2, 0.25) is 0 Å². The average Bonchev–Trinajstić information content (AvgIpc) is 3.45. The first-order chi connectivity index (χ1) is 24.9. The van der Waals surface area contributed by atoms with Crippen LogP contribution in [0.15, 0.2) is 125 Å². The summed E-state index contributed by atoms with van der Waals surface area (Å²) in [7, 11) is 0. The lowest BCUT2D eigenvalue weighted by Crippen LogP contribution is -2.40. The largest absolute Gasteiger partial charge is 0.494 e. The topological polar surface area (TPSA) is 79.1 Å². The minimum atomic E-state index is -0.786. The maximum atomic E-state index is 14.6. The summed E-state index contributed by atoms with van der Waals surface area (Å²) in [5, 5.41) is 2.28. The minimum absolute atomic E-state index is 0.178. The number of halogens is 2. The molecule has 0 fully saturated rings. The molecule has 7 nitrogen and oxygen atoms in total. The highest BCUT2D eigenvalue weighted by molar-refractivity contribution is 14.1. The summed E-state index contributed by atoms with van der Waals surface area (Å²) in [6.07, 6.45) is 1.87. The van der Waals surface area contributed by atoms with Gasteiger partial charge in [0, 0.05) is 14.7 Å². The third kappa shape index (κ3) is 7.26. The van der Waals surface area contributed by atoms with Crippen LogP contribution in [0.3, 0.4) is 0 Å². The summed E-state index contributed by atoms with van der Waals surface area (Å²) < 4.78 is 21.9. The van der Waals surface area contributed by atoms with E-state index in [9.17, 15) is 9.59 Å². The molecule has 0 saturated heterocycles. The van der Waals surface area contributed by atoms with E-state index in [0.29, 0.717) is 45.3 Å². The van der Waals surface area contributed by atoms with Crippen LogP contribution in [0.5, 0.6) is 11.5 Å². The fourth-order valence-corrected chi connectivity index (χ4v) is 9.26. The summed E-state index contributed by atoms with van der Waals surface area (Å²) >= 11 is 5.86. The Morgan fingerprint density at radius 2 is 1.63 bits per heavy atom. The Kier molecular flexibility index (Phi) is 10.7. The zero-order valence-electron chi connectivity index (χ0n) is 27.8. The monoisotopic (exact) mass is 918 g/mol. The molecular formula is C41H32I2N2O5S. The molecule has 1 aromatic heterocycles. The van der Waals surface area contributed by atoms with Crippen LogP contribution in [0.1, 0.15) is 42.1 Å². The molecule has 0 unspecified atom stereocenters. The van der Waals surface area contributed by atoms with Gasteiger partial charge in [-0.1, -0.05) is 96.3 Å². The summed E-state index contributed by atoms with van der Waals surface area (Å²) in [6, 6.07) is 34.8. The minimum Gasteiger partial charge on any atom is -0.494 e. The van der Waals surface area contributed by atoms with Crippen molar-refractivity contribution in [2.45, 2.75) is 26.5 Å². The molecule has 0 radical (unpaired) electrons. The lowest BCUT2D eigenvalue weighted by molar-refractivity contribution is -0.138. The number of aromatic nitrogens is 1. The Morgan fingerprint density at radius 3 is 2.39 bits per heavy atom. The molecule has 0 saturated carbocycles. The van der Waals surface area contributed by atoms with Gasteiger partial charge in [-0.3, -0.25) is 9.36 Å². The van der Waals surface area contributed by atoms with Crippen molar-refractivity contribution in [1.29, 1.82) is 0 Å². The number of benzene rings is 5. The van der Waals surface area contributed by atoms with Gasteiger partial charge in [0.2, 0.25) is 0 Å². The van der Waals surface area contributed by atoms with Crippen molar-refractivity contribution in [1.82, 2.24) is 4.57 Å². The van der Waals surface area contributed by atoms with Crippen molar-refractivity contribution >= 4 is 85.0 Å². The second kappa shape index (κ2) is 15.5. The van der Waals surface area contributed by atoms with Gasteiger partial charge in [0.15, 0.2) is 4.80 Å².